The van der Waals surface area contributed by atoms with E-state index in [2.05, 4.69) is 19.8 Å². The highest BCUT2D eigenvalue weighted by molar-refractivity contribution is 5.96. The number of ketones is 1. The van der Waals surface area contributed by atoms with Crippen molar-refractivity contribution >= 4 is 5.78 Å². The van der Waals surface area contributed by atoms with Crippen LogP contribution in [0.25, 0.3) is 0 Å². The van der Waals surface area contributed by atoms with Crippen molar-refractivity contribution in [3.63, 3.8) is 0 Å². The van der Waals surface area contributed by atoms with Gasteiger partial charge in [0.15, 0.2) is 5.78 Å². The fourth-order valence-corrected chi connectivity index (χ4v) is 3.12. The van der Waals surface area contributed by atoms with Crippen LogP contribution in [0.1, 0.15) is 29.1 Å². The van der Waals surface area contributed by atoms with Crippen LogP contribution in [0.4, 0.5) is 0 Å². The molecule has 6 nitrogen and oxygen atoms in total. The first-order chi connectivity index (χ1) is 11.7. The van der Waals surface area contributed by atoms with Crippen molar-refractivity contribution in [1.82, 2.24) is 19.8 Å². The number of ether oxygens (including phenoxy) is 1. The number of para-hydroxylation sites is 1. The maximum atomic E-state index is 11.7. The van der Waals surface area contributed by atoms with Crippen LogP contribution in [0, 0.1) is 0 Å². The molecule has 2 heterocycles. The summed E-state index contributed by atoms with van der Waals surface area (Å²) in [4.78, 5) is 18.5. The van der Waals surface area contributed by atoms with Crippen molar-refractivity contribution in [3.05, 3.63) is 48.0 Å². The van der Waals surface area contributed by atoms with Gasteiger partial charge in [-0.15, -0.1) is 0 Å². The lowest BCUT2D eigenvalue weighted by Crippen LogP contribution is -2.48. The smallest absolute Gasteiger partial charge is 0.163 e. The molecule has 6 heteroatoms. The molecule has 0 bridgehead atoms. The highest BCUT2D eigenvalue weighted by Gasteiger charge is 2.26. The van der Waals surface area contributed by atoms with Gasteiger partial charge in [-0.05, 0) is 19.1 Å². The lowest BCUT2D eigenvalue weighted by Gasteiger charge is -2.35. The molecule has 1 saturated heterocycles. The second kappa shape index (κ2) is 7.59. The number of aromatic nitrogens is 2. The Balaban J connectivity index is 1.63. The van der Waals surface area contributed by atoms with Gasteiger partial charge in [-0.25, -0.2) is 4.98 Å². The number of carbonyl (C=O) groups excluding carboxylic acids is 1. The van der Waals surface area contributed by atoms with Crippen LogP contribution < -0.4 is 10.1 Å². The summed E-state index contributed by atoms with van der Waals surface area (Å²) in [7, 11) is 2.02. The van der Waals surface area contributed by atoms with E-state index in [4.69, 9.17) is 4.74 Å². The largest absolute Gasteiger partial charge is 0.491 e. The van der Waals surface area contributed by atoms with E-state index in [-0.39, 0.29) is 11.8 Å². The molecule has 0 amide bonds. The van der Waals surface area contributed by atoms with Gasteiger partial charge in [0.25, 0.3) is 0 Å². The quantitative estimate of drug-likeness (QED) is 0.817. The number of rotatable bonds is 6. The molecule has 128 valence electrons. The summed E-state index contributed by atoms with van der Waals surface area (Å²) in [5.74, 6) is 1.75. The van der Waals surface area contributed by atoms with Gasteiger partial charge in [-0.2, -0.15) is 0 Å². The van der Waals surface area contributed by atoms with E-state index in [1.54, 1.807) is 13.0 Å². The van der Waals surface area contributed by atoms with Crippen molar-refractivity contribution in [2.24, 2.45) is 7.05 Å². The fourth-order valence-electron chi connectivity index (χ4n) is 3.12. The van der Waals surface area contributed by atoms with Gasteiger partial charge in [-0.3, -0.25) is 9.69 Å². The molecule has 1 N–H and O–H groups in total. The molecule has 2 aromatic rings. The molecule has 1 aliphatic rings. The fraction of sp³-hybridized carbons (Fsp3) is 0.444. The third-order valence-corrected chi connectivity index (χ3v) is 4.41. The van der Waals surface area contributed by atoms with Crippen LogP contribution in [0.5, 0.6) is 5.75 Å². The maximum absolute atomic E-state index is 11.7. The molecule has 0 spiro atoms. The predicted octanol–water partition coefficient (Wildman–Crippen LogP) is 1.65. The van der Waals surface area contributed by atoms with Gasteiger partial charge >= 0.3 is 0 Å². The number of Topliss-reactive ketones (excluding diaryl/α,β-unsaturated/α-hetero) is 1. The molecule has 1 aromatic heterocycles. The monoisotopic (exact) mass is 328 g/mol. The van der Waals surface area contributed by atoms with E-state index in [1.807, 2.05) is 37.6 Å². The predicted molar refractivity (Wildman–Crippen MR) is 92.3 cm³/mol. The van der Waals surface area contributed by atoms with Crippen LogP contribution >= 0.6 is 0 Å². The van der Waals surface area contributed by atoms with E-state index >= 15 is 0 Å². The number of hydrogen-bond donors (Lipinski definition) is 1. The molecule has 0 saturated carbocycles. The molecular weight excluding hydrogens is 304 g/mol. The molecule has 1 atom stereocenters. The Hall–Kier alpha value is -2.18. The topological polar surface area (TPSA) is 59.4 Å². The Bertz CT molecular complexity index is 698. The Labute approximate surface area is 142 Å². The Kier molecular flexibility index (Phi) is 5.27. The second-order valence-electron chi connectivity index (χ2n) is 6.05. The first kappa shape index (κ1) is 16.7. The highest BCUT2D eigenvalue weighted by atomic mass is 16.5. The maximum Gasteiger partial charge on any atom is 0.163 e. The van der Waals surface area contributed by atoms with Crippen LogP contribution in [-0.2, 0) is 7.05 Å². The van der Waals surface area contributed by atoms with Crippen LogP contribution in [0.2, 0.25) is 0 Å². The van der Waals surface area contributed by atoms with Gasteiger partial charge < -0.3 is 14.6 Å². The summed E-state index contributed by atoms with van der Waals surface area (Å²) < 4.78 is 7.95. The number of benzene rings is 1. The van der Waals surface area contributed by atoms with Gasteiger partial charge in [0.1, 0.15) is 18.2 Å². The van der Waals surface area contributed by atoms with Crippen molar-refractivity contribution in [3.8, 4) is 5.75 Å². The van der Waals surface area contributed by atoms with E-state index < -0.39 is 0 Å². The van der Waals surface area contributed by atoms with Crippen molar-refractivity contribution < 1.29 is 9.53 Å². The molecule has 1 fully saturated rings. The molecule has 0 radical (unpaired) electrons. The minimum atomic E-state index is 0.0265. The number of carbonyl (C=O) groups is 1. The van der Waals surface area contributed by atoms with Crippen LogP contribution in [0.15, 0.2) is 36.7 Å². The van der Waals surface area contributed by atoms with E-state index in [9.17, 15) is 4.79 Å². The Morgan fingerprint density at radius 2 is 2.25 bits per heavy atom. The lowest BCUT2D eigenvalue weighted by molar-refractivity contribution is 0.100. The summed E-state index contributed by atoms with van der Waals surface area (Å²) in [6, 6.07) is 7.65. The third-order valence-electron chi connectivity index (χ3n) is 4.41. The first-order valence-corrected chi connectivity index (χ1v) is 8.31. The Morgan fingerprint density at radius 1 is 1.42 bits per heavy atom. The number of aryl methyl sites for hydroxylation is 1. The molecule has 1 aromatic carbocycles. The first-order valence-electron chi connectivity index (χ1n) is 8.31. The number of nitrogens with one attached hydrogen (secondary N) is 1. The normalized spacial score (nSPS) is 18.5. The van der Waals surface area contributed by atoms with Gasteiger partial charge in [0, 0.05) is 45.6 Å². The second-order valence-corrected chi connectivity index (χ2v) is 6.05. The van der Waals surface area contributed by atoms with Gasteiger partial charge in [-0.1, -0.05) is 12.1 Å². The minimum absolute atomic E-state index is 0.0265. The summed E-state index contributed by atoms with van der Waals surface area (Å²) in [5.41, 5.74) is 0.637. The standard InChI is InChI=1S/C18H24N4O2/c1-14(23)15-5-3-4-6-17(15)24-12-11-22-10-7-19-13-16(22)18-20-8-9-21(18)2/h3-6,8-9,16,19H,7,10-13H2,1-2H3. The molecule has 0 aliphatic carbocycles. The summed E-state index contributed by atoms with van der Waals surface area (Å²) in [6.07, 6.45) is 3.81. The number of nitrogens with zero attached hydrogens (tertiary/aromatic N) is 3. The number of hydrogen-bond acceptors (Lipinski definition) is 5. The average Bonchev–Trinajstić information content (AvgIpc) is 3.01. The minimum Gasteiger partial charge on any atom is -0.491 e. The van der Waals surface area contributed by atoms with E-state index in [0.717, 1.165) is 32.0 Å². The highest BCUT2D eigenvalue weighted by Crippen LogP contribution is 2.21. The number of piperazine rings is 1. The van der Waals surface area contributed by atoms with Crippen molar-refractivity contribution in [2.75, 3.05) is 32.8 Å². The third kappa shape index (κ3) is 3.66. The SMILES string of the molecule is CC(=O)c1ccccc1OCCN1CCNCC1c1nccn1C. The number of imidazole rings is 1. The summed E-state index contributed by atoms with van der Waals surface area (Å²) in [5, 5.41) is 3.43. The zero-order chi connectivity index (χ0) is 16.9. The molecule has 1 aliphatic heterocycles. The zero-order valence-electron chi connectivity index (χ0n) is 14.2. The lowest BCUT2D eigenvalue weighted by atomic mass is 10.1. The van der Waals surface area contributed by atoms with Crippen LogP contribution in [0.3, 0.4) is 0 Å². The molecule has 1 unspecified atom stereocenters. The van der Waals surface area contributed by atoms with Gasteiger partial charge in [0.05, 0.1) is 11.6 Å². The van der Waals surface area contributed by atoms with E-state index in [1.165, 1.54) is 0 Å². The average molecular weight is 328 g/mol. The van der Waals surface area contributed by atoms with Crippen molar-refractivity contribution in [1.29, 1.82) is 0 Å². The summed E-state index contributed by atoms with van der Waals surface area (Å²) >= 11 is 0. The summed E-state index contributed by atoms with van der Waals surface area (Å²) in [6.45, 7) is 5.71. The Morgan fingerprint density at radius 3 is 3.00 bits per heavy atom. The molecular formula is C18H24N4O2. The van der Waals surface area contributed by atoms with Crippen molar-refractivity contribution in [2.45, 2.75) is 13.0 Å². The molecule has 3 rings (SSSR count). The van der Waals surface area contributed by atoms with E-state index in [0.29, 0.717) is 17.9 Å². The zero-order valence-corrected chi connectivity index (χ0v) is 14.2. The van der Waals surface area contributed by atoms with Gasteiger partial charge in [0.2, 0.25) is 0 Å². The molecule has 24 heavy (non-hydrogen) atoms. The van der Waals surface area contributed by atoms with Crippen LogP contribution in [-0.4, -0.2) is 53.0 Å².